The van der Waals surface area contributed by atoms with Crippen LogP contribution in [0.4, 0.5) is 0 Å². The number of ether oxygens (including phenoxy) is 2. The number of nitrogens with one attached hydrogen (secondary N) is 1. The first-order chi connectivity index (χ1) is 8.73. The topological polar surface area (TPSA) is 64.2 Å². The van der Waals surface area contributed by atoms with Crippen LogP contribution in [0.3, 0.4) is 0 Å². The molecule has 3 rings (SSSR count). The van der Waals surface area contributed by atoms with Gasteiger partial charge in [-0.2, -0.15) is 0 Å². The van der Waals surface area contributed by atoms with Gasteiger partial charge in [0.1, 0.15) is 11.4 Å². The number of nitrogens with zero attached hydrogens (tertiary/aromatic N) is 1. The second-order valence-corrected chi connectivity index (χ2v) is 5.10. The molecule has 18 heavy (non-hydrogen) atoms. The second kappa shape index (κ2) is 4.48. The van der Waals surface area contributed by atoms with Gasteiger partial charge in [0.05, 0.1) is 5.69 Å². The van der Waals surface area contributed by atoms with Gasteiger partial charge in [0, 0.05) is 45.1 Å². The number of hydrogen-bond donors (Lipinski definition) is 1. The largest absolute Gasteiger partial charge is 0.381 e. The van der Waals surface area contributed by atoms with Crippen molar-refractivity contribution in [2.75, 3.05) is 20.3 Å². The molecule has 0 bridgehead atoms. The van der Waals surface area contributed by atoms with E-state index in [0.29, 0.717) is 25.0 Å². The van der Waals surface area contributed by atoms with Gasteiger partial charge < -0.3 is 14.5 Å². The van der Waals surface area contributed by atoms with E-state index in [-0.39, 0.29) is 5.56 Å². The van der Waals surface area contributed by atoms with Gasteiger partial charge in [0.2, 0.25) is 0 Å². The fourth-order valence-electron chi connectivity index (χ4n) is 2.52. The highest BCUT2D eigenvalue weighted by atomic mass is 16.5. The molecule has 0 spiro atoms. The summed E-state index contributed by atoms with van der Waals surface area (Å²) in [6.07, 6.45) is 3.75. The average Bonchev–Trinajstić information content (AvgIpc) is 3.23. The Labute approximate surface area is 106 Å². The van der Waals surface area contributed by atoms with Crippen LogP contribution in [0.1, 0.15) is 43.1 Å². The molecule has 2 fully saturated rings. The molecule has 1 aromatic rings. The van der Waals surface area contributed by atoms with Crippen molar-refractivity contribution in [1.29, 1.82) is 0 Å². The van der Waals surface area contributed by atoms with E-state index < -0.39 is 5.60 Å². The lowest BCUT2D eigenvalue weighted by molar-refractivity contribution is -0.100. The summed E-state index contributed by atoms with van der Waals surface area (Å²) in [6, 6.07) is 1.61. The molecule has 5 nitrogen and oxygen atoms in total. The molecule has 5 heteroatoms. The van der Waals surface area contributed by atoms with Gasteiger partial charge in [-0.3, -0.25) is 4.79 Å². The number of H-pyrrole nitrogens is 1. The molecule has 1 aliphatic heterocycles. The molecule has 1 saturated heterocycles. The smallest absolute Gasteiger partial charge is 0.251 e. The first-order valence-corrected chi connectivity index (χ1v) is 6.48. The molecule has 98 valence electrons. The van der Waals surface area contributed by atoms with Crippen molar-refractivity contribution in [3.8, 4) is 0 Å². The lowest BCUT2D eigenvalue weighted by Gasteiger charge is -2.34. The Kier molecular flexibility index (Phi) is 2.95. The van der Waals surface area contributed by atoms with Gasteiger partial charge in [-0.15, -0.1) is 0 Å². The number of rotatable bonds is 3. The first kappa shape index (κ1) is 11.9. The molecular formula is C13H18N2O3. The summed E-state index contributed by atoms with van der Waals surface area (Å²) < 4.78 is 11.0. The predicted molar refractivity (Wildman–Crippen MR) is 65.6 cm³/mol. The Morgan fingerprint density at radius 2 is 2.17 bits per heavy atom. The van der Waals surface area contributed by atoms with Crippen molar-refractivity contribution in [3.63, 3.8) is 0 Å². The zero-order valence-corrected chi connectivity index (χ0v) is 10.6. The summed E-state index contributed by atoms with van der Waals surface area (Å²) in [5.41, 5.74) is 0.351. The third kappa shape index (κ3) is 2.08. The molecule has 1 saturated carbocycles. The molecule has 2 heterocycles. The third-order valence-electron chi connectivity index (χ3n) is 3.88. The summed E-state index contributed by atoms with van der Waals surface area (Å²) in [5.74, 6) is 1.14. The Morgan fingerprint density at radius 3 is 2.78 bits per heavy atom. The molecule has 0 unspecified atom stereocenters. The van der Waals surface area contributed by atoms with Crippen LogP contribution in [0.2, 0.25) is 0 Å². The number of methoxy groups -OCH3 is 1. The zero-order valence-electron chi connectivity index (χ0n) is 10.6. The normalized spacial score (nSPS) is 22.9. The number of aromatic amines is 1. The van der Waals surface area contributed by atoms with Crippen molar-refractivity contribution < 1.29 is 9.47 Å². The van der Waals surface area contributed by atoms with E-state index in [1.807, 2.05) is 0 Å². The van der Waals surface area contributed by atoms with Crippen molar-refractivity contribution in [2.45, 2.75) is 37.2 Å². The highest BCUT2D eigenvalue weighted by Gasteiger charge is 2.38. The minimum atomic E-state index is -0.484. The van der Waals surface area contributed by atoms with Gasteiger partial charge in [-0.05, 0) is 12.8 Å². The lowest BCUT2D eigenvalue weighted by atomic mass is 9.93. The monoisotopic (exact) mass is 250 g/mol. The van der Waals surface area contributed by atoms with Crippen molar-refractivity contribution in [2.24, 2.45) is 0 Å². The molecule has 0 amide bonds. The van der Waals surface area contributed by atoms with Gasteiger partial charge in [-0.25, -0.2) is 4.98 Å². The van der Waals surface area contributed by atoms with Gasteiger partial charge >= 0.3 is 0 Å². The maximum Gasteiger partial charge on any atom is 0.251 e. The molecule has 1 aliphatic carbocycles. The van der Waals surface area contributed by atoms with E-state index >= 15 is 0 Å². The van der Waals surface area contributed by atoms with E-state index in [0.717, 1.165) is 31.4 Å². The van der Waals surface area contributed by atoms with Gasteiger partial charge in [0.15, 0.2) is 0 Å². The molecule has 1 aromatic heterocycles. The van der Waals surface area contributed by atoms with Crippen LogP contribution in [0.5, 0.6) is 0 Å². The van der Waals surface area contributed by atoms with Crippen molar-refractivity contribution in [1.82, 2.24) is 9.97 Å². The SMILES string of the molecule is COC1(c2nc(C3CC3)cc(=O)[nH]2)CCOCC1. The Morgan fingerprint density at radius 1 is 1.44 bits per heavy atom. The molecular weight excluding hydrogens is 232 g/mol. The zero-order chi connectivity index (χ0) is 12.6. The van der Waals surface area contributed by atoms with E-state index in [1.165, 1.54) is 0 Å². The molecule has 1 N–H and O–H groups in total. The maximum absolute atomic E-state index is 11.8. The van der Waals surface area contributed by atoms with Crippen LogP contribution in [-0.2, 0) is 15.1 Å². The lowest BCUT2D eigenvalue weighted by Crippen LogP contribution is -2.38. The van der Waals surface area contributed by atoms with Crippen molar-refractivity contribution in [3.05, 3.63) is 27.9 Å². The van der Waals surface area contributed by atoms with Crippen LogP contribution in [0, 0.1) is 0 Å². The maximum atomic E-state index is 11.8. The summed E-state index contributed by atoms with van der Waals surface area (Å²) in [4.78, 5) is 19.2. The van der Waals surface area contributed by atoms with Crippen LogP contribution >= 0.6 is 0 Å². The molecule has 0 aromatic carbocycles. The van der Waals surface area contributed by atoms with Crippen molar-refractivity contribution >= 4 is 0 Å². The Hall–Kier alpha value is -1.20. The minimum absolute atomic E-state index is 0.0789. The summed E-state index contributed by atoms with van der Waals surface area (Å²) >= 11 is 0. The fourth-order valence-corrected chi connectivity index (χ4v) is 2.52. The number of aromatic nitrogens is 2. The van der Waals surface area contributed by atoms with Crippen LogP contribution in [0.25, 0.3) is 0 Å². The van der Waals surface area contributed by atoms with E-state index in [9.17, 15) is 4.79 Å². The summed E-state index contributed by atoms with van der Waals surface area (Å²) in [7, 11) is 1.68. The quantitative estimate of drug-likeness (QED) is 0.878. The summed E-state index contributed by atoms with van der Waals surface area (Å²) in [5, 5.41) is 0. The molecule has 0 radical (unpaired) electrons. The van der Waals surface area contributed by atoms with Crippen LogP contribution < -0.4 is 5.56 Å². The third-order valence-corrected chi connectivity index (χ3v) is 3.88. The Bertz CT molecular complexity index is 487. The van der Waals surface area contributed by atoms with E-state index in [4.69, 9.17) is 9.47 Å². The molecule has 2 aliphatic rings. The predicted octanol–water partition coefficient (Wildman–Crippen LogP) is 1.30. The van der Waals surface area contributed by atoms with Gasteiger partial charge in [-0.1, -0.05) is 0 Å². The highest BCUT2D eigenvalue weighted by molar-refractivity contribution is 5.17. The second-order valence-electron chi connectivity index (χ2n) is 5.10. The first-order valence-electron chi connectivity index (χ1n) is 6.48. The number of hydrogen-bond acceptors (Lipinski definition) is 4. The minimum Gasteiger partial charge on any atom is -0.381 e. The average molecular weight is 250 g/mol. The standard InChI is InChI=1S/C13H18N2O3/c1-17-13(4-6-18-7-5-13)12-14-10(9-2-3-9)8-11(16)15-12/h8-9H,2-7H2,1H3,(H,14,15,16). The van der Waals surface area contributed by atoms with Gasteiger partial charge in [0.25, 0.3) is 5.56 Å². The van der Waals surface area contributed by atoms with E-state index in [1.54, 1.807) is 13.2 Å². The van der Waals surface area contributed by atoms with E-state index in [2.05, 4.69) is 9.97 Å². The fraction of sp³-hybridized carbons (Fsp3) is 0.692. The molecule has 0 atom stereocenters. The summed E-state index contributed by atoms with van der Waals surface area (Å²) in [6.45, 7) is 1.29. The highest BCUT2D eigenvalue weighted by Crippen LogP contribution is 2.40. The van der Waals surface area contributed by atoms with Crippen LogP contribution in [0.15, 0.2) is 10.9 Å². The Balaban J connectivity index is 2.00. The van der Waals surface area contributed by atoms with Crippen LogP contribution in [-0.4, -0.2) is 30.3 Å².